The number of hydrogen-bond acceptors (Lipinski definition) is 28. The Morgan fingerprint density at radius 2 is 0.644 bits per heavy atom. The molecule has 146 heavy (non-hydrogen) atoms. The van der Waals surface area contributed by atoms with Crippen molar-refractivity contribution in [1.29, 1.82) is 0 Å². The van der Waals surface area contributed by atoms with Crippen LogP contribution in [-0.2, 0) is 6.54 Å². The maximum atomic E-state index is 13.0. The maximum absolute atomic E-state index is 13.0. The lowest BCUT2D eigenvalue weighted by Crippen LogP contribution is -2.40. The molecule has 0 heterocycles. The van der Waals surface area contributed by atoms with Gasteiger partial charge in [0, 0.05) is 76.3 Å². The summed E-state index contributed by atoms with van der Waals surface area (Å²) in [6.45, 7) is 4.17. The monoisotopic (exact) mass is 2070 g/mol. The van der Waals surface area contributed by atoms with Crippen molar-refractivity contribution in [2.45, 2.75) is 26.4 Å². The predicted molar refractivity (Wildman–Crippen MR) is 545 cm³/mol. The fourth-order valence-electron chi connectivity index (χ4n) is 12.5. The van der Waals surface area contributed by atoms with Crippen molar-refractivity contribution in [1.82, 2.24) is 0 Å². The maximum Gasteiger partial charge on any atom is 0.326 e. The van der Waals surface area contributed by atoms with Gasteiger partial charge in [0.15, 0.2) is 0 Å². The summed E-state index contributed by atoms with van der Waals surface area (Å²) in [6.07, 6.45) is 0. The van der Waals surface area contributed by atoms with Crippen LogP contribution in [0.1, 0.15) is 19.4 Å². The number of hydrogen-bond donors (Lipinski definition) is 11. The van der Waals surface area contributed by atoms with Crippen LogP contribution in [0.5, 0.6) is 46.0 Å². The summed E-state index contributed by atoms with van der Waals surface area (Å²) >= 11 is 17.5. The SMILES string of the molecule is COc1cc(OC)c(NC(=O)Nc2ccc([N+](=O)[O-])cc2OC)cc1Cl.COc1cc([N+](=O)[O-])ccc1NC(=O)N(Cc1ccccc1)c1ccccc1.COc1cc([N+](=O)[O-])ccc1NC(=O)N(c1ccccc1)C(C)C.COc1cc([N+](=O)[O-])ccc1NC(=O)Nc1ccc(Cl)cc1[N+](=O)[O-].COc1cc([N+](=O)[O-])ccc1NC(=O)Nc1cccc(F)c1.O=C(Nc1ccccc1)Nc1cc(Cl)c([N+](=O)[O-])cc1O. The third-order valence-electron chi connectivity index (χ3n) is 19.2. The number of nitrogens with one attached hydrogen (secondary N) is 10. The van der Waals surface area contributed by atoms with E-state index < -0.39 is 75.8 Å². The number of phenolic OH excluding ortho intramolecular Hbond substituents is 1. The molecule has 12 amide bonds. The Bertz CT molecular complexity index is 6910. The number of nitro benzene ring substituents is 7. The van der Waals surface area contributed by atoms with Crippen LogP contribution >= 0.6 is 34.8 Å². The lowest BCUT2D eigenvalue weighted by Gasteiger charge is -2.27. The fraction of sp³-hybridized carbons (Fsp3) is 0.116. The summed E-state index contributed by atoms with van der Waals surface area (Å²) in [5.41, 5.74) is 3.34. The summed E-state index contributed by atoms with van der Waals surface area (Å²) in [5, 5.41) is 111. The van der Waals surface area contributed by atoms with Gasteiger partial charge in [-0.2, -0.15) is 0 Å². The quantitative estimate of drug-likeness (QED) is 0.0118. The van der Waals surface area contributed by atoms with E-state index in [2.05, 4.69) is 53.2 Å². The van der Waals surface area contributed by atoms with Gasteiger partial charge in [0.05, 0.1) is 172 Å². The lowest BCUT2D eigenvalue weighted by molar-refractivity contribution is -0.385. The zero-order valence-corrected chi connectivity index (χ0v) is 80.1. The van der Waals surface area contributed by atoms with E-state index in [1.54, 1.807) is 40.1 Å². The molecule has 51 heteroatoms. The van der Waals surface area contributed by atoms with Gasteiger partial charge in [-0.05, 0) is 129 Å². The predicted octanol–water partition coefficient (Wildman–Crippen LogP) is 23.6. The van der Waals surface area contributed by atoms with Crippen molar-refractivity contribution in [2.75, 3.05) is 113 Å². The lowest BCUT2D eigenvalue weighted by atomic mass is 10.2. The number of methoxy groups -OCH3 is 7. The number of nitrogens with zero attached hydrogens (tertiary/aromatic N) is 9. The van der Waals surface area contributed by atoms with E-state index >= 15 is 0 Å². The average molecular weight is 2070 g/mol. The molecule has 13 aromatic carbocycles. The molecule has 758 valence electrons. The summed E-state index contributed by atoms with van der Waals surface area (Å²) in [4.78, 5) is 148. The van der Waals surface area contributed by atoms with Crippen LogP contribution in [0.4, 0.5) is 141 Å². The molecule has 0 aliphatic carbocycles. The van der Waals surface area contributed by atoms with E-state index in [0.29, 0.717) is 40.8 Å². The number of anilines is 12. The van der Waals surface area contributed by atoms with Gasteiger partial charge in [0.2, 0.25) is 0 Å². The molecule has 0 bridgehead atoms. The van der Waals surface area contributed by atoms with Crippen LogP contribution in [-0.4, -0.2) is 132 Å². The third kappa shape index (κ3) is 33.4. The first-order valence-electron chi connectivity index (χ1n) is 41.8. The third-order valence-corrected chi connectivity index (χ3v) is 20.1. The Hall–Kier alpha value is -19.5. The molecule has 0 saturated carbocycles. The number of para-hydroxylation sites is 3. The molecule has 0 saturated heterocycles. The van der Waals surface area contributed by atoms with Crippen LogP contribution in [0, 0.1) is 76.6 Å². The minimum Gasteiger partial charge on any atom is -0.506 e. The smallest absolute Gasteiger partial charge is 0.326 e. The normalized spacial score (nSPS) is 10.1. The van der Waals surface area contributed by atoms with Crippen molar-refractivity contribution in [3.63, 3.8) is 0 Å². The molecule has 0 fully saturated rings. The largest absolute Gasteiger partial charge is 0.506 e. The number of nitro groups is 7. The molecule has 13 rings (SSSR count). The zero-order valence-electron chi connectivity index (χ0n) is 77.8. The second-order valence-electron chi connectivity index (χ2n) is 29.2. The highest BCUT2D eigenvalue weighted by molar-refractivity contribution is 6.33. The number of benzene rings is 13. The van der Waals surface area contributed by atoms with Crippen LogP contribution in [0.25, 0.3) is 0 Å². The molecule has 0 aliphatic rings. The number of amides is 12. The topological polar surface area (TPSA) is 616 Å². The van der Waals surface area contributed by atoms with Crippen molar-refractivity contribution in [2.24, 2.45) is 0 Å². The zero-order chi connectivity index (χ0) is 107. The molecule has 11 N–H and O–H groups in total. The minimum atomic E-state index is -0.794. The Kier molecular flexibility index (Phi) is 41.9. The van der Waals surface area contributed by atoms with Crippen LogP contribution in [0.3, 0.4) is 0 Å². The Morgan fingerprint density at radius 3 is 1.03 bits per heavy atom. The number of urea groups is 6. The molecule has 13 aromatic rings. The Morgan fingerprint density at radius 1 is 0.315 bits per heavy atom. The van der Waals surface area contributed by atoms with Crippen molar-refractivity contribution < 1.29 is 106 Å². The molecule has 0 spiro atoms. The molecule has 0 unspecified atom stereocenters. The number of carbonyl (C=O) groups excluding carboxylic acids is 6. The van der Waals surface area contributed by atoms with Gasteiger partial charge in [-0.3, -0.25) is 80.6 Å². The highest BCUT2D eigenvalue weighted by Crippen LogP contribution is 2.41. The van der Waals surface area contributed by atoms with Crippen molar-refractivity contribution >= 4 is 179 Å². The first-order chi connectivity index (χ1) is 69.7. The standard InChI is InChI=1S/C21H19N3O4.C17H19N3O4.C16H16ClN3O6.C14H11ClN4O6.C14H12FN3O4.C13H10ClN3O4/c1-28-20-14-18(24(26)27)12-13-19(20)22-21(25)23(17-10-6-3-7-11-17)15-16-8-4-2-5-9-16;1-12(2)19(13-7-5-4-6-8-13)17(21)18-15-10-9-14(20(22)23)11-16(15)24-3;1-24-13-8-15(26-3)12(7-10(13)17)19-16(21)18-11-5-4-9(20(22)23)6-14(11)25-2;1-25-13-7-9(18(21)22)3-5-11(13)17-14(20)16-10-4-2-8(15)6-12(10)19(23)24;1-22-13-8-11(18(20)21)5-6-12(13)17-14(19)16-10-4-2-3-9(15)7-10;14-9-6-10(12(18)7-11(9)17(20)21)16-13(19)15-8-4-2-1-3-5-8/h2-14H,15H2,1H3,(H,22,25);4-12H,1-3H3,(H,18,21);4-8H,1-3H3,(H2,18,19,21);2-7H,1H3,(H2,16,17,20);2-8H,1H3,(H2,16,17,19);1-7,18H,(H2,15,16,19). The molecule has 0 radical (unpaired) electrons. The summed E-state index contributed by atoms with van der Waals surface area (Å²) in [5.74, 6) is 0.612. The van der Waals surface area contributed by atoms with E-state index in [1.165, 1.54) is 177 Å². The number of rotatable bonds is 29. The molecular weight excluding hydrogens is 1980 g/mol. The fourth-order valence-corrected chi connectivity index (χ4v) is 13.1. The molecule has 0 aromatic heterocycles. The van der Waals surface area contributed by atoms with Crippen molar-refractivity contribution in [3.05, 3.63) is 376 Å². The van der Waals surface area contributed by atoms with E-state index in [4.69, 9.17) is 68.0 Å². The van der Waals surface area contributed by atoms with Gasteiger partial charge < -0.3 is 91.4 Å². The van der Waals surface area contributed by atoms with Gasteiger partial charge in [-0.15, -0.1) is 0 Å². The van der Waals surface area contributed by atoms with Crippen molar-refractivity contribution in [3.8, 4) is 46.0 Å². The van der Waals surface area contributed by atoms with Crippen LogP contribution < -0.4 is 96.1 Å². The number of ether oxygens (including phenoxy) is 7. The number of halogens is 4. The first kappa shape index (κ1) is 112. The summed E-state index contributed by atoms with van der Waals surface area (Å²) in [7, 11) is 9.64. The molecule has 47 nitrogen and oxygen atoms in total. The number of phenols is 1. The van der Waals surface area contributed by atoms with Gasteiger partial charge in [0.25, 0.3) is 39.8 Å². The van der Waals surface area contributed by atoms with Gasteiger partial charge in [-0.25, -0.2) is 33.2 Å². The first-order valence-corrected chi connectivity index (χ1v) is 42.9. The molecule has 0 aliphatic heterocycles. The summed E-state index contributed by atoms with van der Waals surface area (Å²) in [6, 6.07) is 66.9. The van der Waals surface area contributed by atoms with E-state index in [1.807, 2.05) is 105 Å². The van der Waals surface area contributed by atoms with Gasteiger partial charge >= 0.3 is 36.2 Å². The van der Waals surface area contributed by atoms with Gasteiger partial charge in [0.1, 0.15) is 62.5 Å². The van der Waals surface area contributed by atoms with E-state index in [-0.39, 0.29) is 130 Å². The van der Waals surface area contributed by atoms with Crippen LogP contribution in [0.2, 0.25) is 15.1 Å². The molecule has 0 atom stereocenters. The summed E-state index contributed by atoms with van der Waals surface area (Å²) < 4.78 is 48.7. The second kappa shape index (κ2) is 54.7. The van der Waals surface area contributed by atoms with E-state index in [0.717, 1.165) is 47.3 Å². The van der Waals surface area contributed by atoms with Crippen LogP contribution in [0.15, 0.2) is 279 Å². The second-order valence-corrected chi connectivity index (χ2v) is 30.4. The number of non-ortho nitro benzene ring substituents is 5. The molecular formula is C95H87Cl3FN19O28. The average Bonchev–Trinajstić information content (AvgIpc) is 0.789. The number of aromatic hydroxyl groups is 1. The van der Waals surface area contributed by atoms with Gasteiger partial charge in [-0.1, -0.05) is 126 Å². The Labute approximate surface area is 842 Å². The Balaban J connectivity index is 0.000000214. The highest BCUT2D eigenvalue weighted by atomic mass is 35.5. The highest BCUT2D eigenvalue weighted by Gasteiger charge is 2.27. The van der Waals surface area contributed by atoms with E-state index in [9.17, 15) is 109 Å². The minimum absolute atomic E-state index is 0.0287. The number of carbonyl (C=O) groups is 6.